The number of nitrogens with zero attached hydrogens (tertiary/aromatic N) is 1. The van der Waals surface area contributed by atoms with E-state index in [1.807, 2.05) is 13.8 Å². The van der Waals surface area contributed by atoms with Crippen LogP contribution in [-0.4, -0.2) is 88.5 Å². The molecular weight excluding hydrogens is 534 g/mol. The van der Waals surface area contributed by atoms with Gasteiger partial charge in [-0.25, -0.2) is 4.79 Å². The van der Waals surface area contributed by atoms with E-state index >= 15 is 0 Å². The monoisotopic (exact) mass is 571 g/mol. The van der Waals surface area contributed by atoms with Gasteiger partial charge in [-0.2, -0.15) is 0 Å². The van der Waals surface area contributed by atoms with Crippen molar-refractivity contribution in [1.82, 2.24) is 4.90 Å². The van der Waals surface area contributed by atoms with E-state index in [1.54, 1.807) is 13.0 Å². The van der Waals surface area contributed by atoms with Crippen LogP contribution in [0.4, 0.5) is 5.69 Å². The van der Waals surface area contributed by atoms with Gasteiger partial charge < -0.3 is 26.0 Å². The molecule has 3 aliphatic carbocycles. The summed E-state index contributed by atoms with van der Waals surface area (Å²) >= 11 is 0. The van der Waals surface area contributed by atoms with E-state index in [0.717, 1.165) is 0 Å². The quantitative estimate of drug-likeness (QED) is 0.200. The molecule has 1 aromatic carbocycles. The molecule has 1 amide bonds. The maximum atomic E-state index is 14.1. The van der Waals surface area contributed by atoms with E-state index in [0.29, 0.717) is 11.1 Å². The molecule has 0 saturated heterocycles. The lowest BCUT2D eigenvalue weighted by atomic mass is 9.52. The molecule has 2 saturated carbocycles. The summed E-state index contributed by atoms with van der Waals surface area (Å²) < 4.78 is 5.03. The van der Waals surface area contributed by atoms with E-state index in [4.69, 9.17) is 10.5 Å². The second-order valence-electron chi connectivity index (χ2n) is 11.8. The van der Waals surface area contributed by atoms with Gasteiger partial charge in [0.15, 0.2) is 34.7 Å². The van der Waals surface area contributed by atoms with Crippen molar-refractivity contribution in [1.29, 1.82) is 0 Å². The first-order chi connectivity index (χ1) is 19.1. The van der Waals surface area contributed by atoms with Crippen molar-refractivity contribution in [2.75, 3.05) is 26.0 Å². The van der Waals surface area contributed by atoms with Crippen molar-refractivity contribution >= 4 is 40.7 Å². The van der Waals surface area contributed by atoms with E-state index in [2.05, 4.69) is 5.32 Å². The van der Waals surface area contributed by atoms with Crippen molar-refractivity contribution in [2.45, 2.75) is 64.1 Å². The molecule has 0 aromatic heterocycles. The Morgan fingerprint density at radius 2 is 1.80 bits per heavy atom. The fraction of sp³-hybridized carbons (Fsp3) is 0.586. The Morgan fingerprint density at radius 1 is 1.17 bits per heavy atom. The molecule has 3 aliphatic rings. The van der Waals surface area contributed by atoms with Gasteiger partial charge in [0, 0.05) is 5.92 Å². The van der Waals surface area contributed by atoms with Gasteiger partial charge in [0.2, 0.25) is 5.91 Å². The molecule has 5 N–H and O–H groups in total. The highest BCUT2D eigenvalue weighted by atomic mass is 16.5. The second-order valence-corrected chi connectivity index (χ2v) is 11.8. The third-order valence-electron chi connectivity index (χ3n) is 8.73. The highest BCUT2D eigenvalue weighted by Crippen LogP contribution is 2.52. The molecule has 0 spiro atoms. The van der Waals surface area contributed by atoms with E-state index in [9.17, 15) is 39.0 Å². The van der Waals surface area contributed by atoms with Gasteiger partial charge in [-0.05, 0) is 69.8 Å². The van der Waals surface area contributed by atoms with Crippen LogP contribution < -0.4 is 11.1 Å². The van der Waals surface area contributed by atoms with Gasteiger partial charge in [-0.3, -0.25) is 28.9 Å². The summed E-state index contributed by atoms with van der Waals surface area (Å²) in [5, 5.41) is 25.9. The number of Topliss-reactive ketones (excluding diaryl/α,β-unsaturated/α-hetero) is 4. The average Bonchev–Trinajstić information content (AvgIpc) is 2.87. The van der Waals surface area contributed by atoms with E-state index < -0.39 is 82.1 Å². The maximum Gasteiger partial charge on any atom is 0.328 e. The molecule has 12 heteroatoms. The average molecular weight is 572 g/mol. The zero-order valence-corrected chi connectivity index (χ0v) is 24.0. The summed E-state index contributed by atoms with van der Waals surface area (Å²) in [5.74, 6) is -11.8. The van der Waals surface area contributed by atoms with Crippen LogP contribution in [0, 0.1) is 23.7 Å². The Labute approximate surface area is 237 Å². The molecular formula is C29H37N3O9. The molecule has 1 aromatic rings. The number of primary amides is 1. The number of fused-ring (bicyclic) bond motifs is 3. The zero-order valence-electron chi connectivity index (χ0n) is 24.0. The summed E-state index contributed by atoms with van der Waals surface area (Å²) in [6, 6.07) is -0.364. The normalized spacial score (nSPS) is 30.0. The lowest BCUT2D eigenvalue weighted by Crippen LogP contribution is -2.74. The van der Waals surface area contributed by atoms with Crippen molar-refractivity contribution < 1.29 is 43.7 Å². The van der Waals surface area contributed by atoms with Gasteiger partial charge in [-0.1, -0.05) is 13.8 Å². The Hall–Kier alpha value is -3.64. The number of phenolic OH excluding ortho intramolecular Hbond substituents is 1. The van der Waals surface area contributed by atoms with Crippen LogP contribution in [0.25, 0.3) is 0 Å². The number of ether oxygens (including phenoxy) is 1. The third kappa shape index (κ3) is 4.53. The number of rotatable bonds is 7. The first-order valence-electron chi connectivity index (χ1n) is 13.8. The Balaban J connectivity index is 1.85. The fourth-order valence-corrected chi connectivity index (χ4v) is 6.89. The number of esters is 1. The van der Waals surface area contributed by atoms with Crippen LogP contribution in [0.5, 0.6) is 5.75 Å². The number of anilines is 1. The smallest absolute Gasteiger partial charge is 0.328 e. The highest BCUT2D eigenvalue weighted by Gasteiger charge is 2.69. The largest absolute Gasteiger partial charge is 0.505 e. The molecule has 0 aliphatic heterocycles. The lowest BCUT2D eigenvalue weighted by molar-refractivity contribution is -0.181. The first-order valence-corrected chi connectivity index (χ1v) is 13.8. The summed E-state index contributed by atoms with van der Waals surface area (Å²) in [5.41, 5.74) is 3.78. The molecule has 4 rings (SSSR count). The minimum Gasteiger partial charge on any atom is -0.505 e. The number of hydrogen-bond acceptors (Lipinski definition) is 11. The summed E-state index contributed by atoms with van der Waals surface area (Å²) in [4.78, 5) is 80.5. The number of nitrogens with one attached hydrogen (secondary N) is 1. The molecule has 12 nitrogen and oxygen atoms in total. The SMILES string of the molecule is CCOC(=O)C(C)Nc1cc(C(C)C)c2c(c1O)C(=O)C1C(=O)[C@]3(O)C(=O)C(C(N)=O)C(=O)[C@@H](N(C)C)[C@@H]3C[C@@H]1C2. The Morgan fingerprint density at radius 3 is 2.34 bits per heavy atom. The summed E-state index contributed by atoms with van der Waals surface area (Å²) in [6.45, 7) is 7.15. The number of likely N-dealkylation sites (N-methyl/N-ethyl adjacent to an activating group) is 1. The molecule has 7 atom stereocenters. The van der Waals surface area contributed by atoms with Crippen molar-refractivity contribution in [3.63, 3.8) is 0 Å². The number of carbonyl (C=O) groups excluding carboxylic acids is 6. The highest BCUT2D eigenvalue weighted by molar-refractivity contribution is 6.32. The minimum absolute atomic E-state index is 0.0257. The third-order valence-corrected chi connectivity index (χ3v) is 8.73. The number of amides is 1. The van der Waals surface area contributed by atoms with Gasteiger partial charge >= 0.3 is 5.97 Å². The van der Waals surface area contributed by atoms with Crippen LogP contribution in [0.1, 0.15) is 61.5 Å². The summed E-state index contributed by atoms with van der Waals surface area (Å²) in [7, 11) is 3.07. The Bertz CT molecular complexity index is 1350. The van der Waals surface area contributed by atoms with E-state index in [1.165, 1.54) is 25.9 Å². The van der Waals surface area contributed by atoms with Gasteiger partial charge in [0.05, 0.1) is 29.8 Å². The van der Waals surface area contributed by atoms with Gasteiger partial charge in [-0.15, -0.1) is 0 Å². The topological polar surface area (TPSA) is 193 Å². The fourth-order valence-electron chi connectivity index (χ4n) is 6.89. The summed E-state index contributed by atoms with van der Waals surface area (Å²) in [6.07, 6.45) is 0.142. The van der Waals surface area contributed by atoms with Crippen molar-refractivity contribution in [3.05, 3.63) is 22.8 Å². The molecule has 2 fully saturated rings. The molecule has 3 unspecified atom stereocenters. The molecule has 41 heavy (non-hydrogen) atoms. The number of nitrogens with two attached hydrogens (primary N) is 1. The zero-order chi connectivity index (χ0) is 30.7. The van der Waals surface area contributed by atoms with Gasteiger partial charge in [0.25, 0.3) is 0 Å². The standard InChI is InChI=1S/C29H37N3O9/c1-7-41-28(39)12(4)31-17-10-14(11(2)3)15-8-13-9-16-21(32(5)6)24(35)20(27(30)38)26(37)29(16,40)25(36)18(13)23(34)19(15)22(17)33/h10-13,16,18,20-21,31,33,40H,7-9H2,1-6H3,(H2,30,38)/t12?,13-,16-,18?,20?,21-,29-/m0/s1. The number of hydrogen-bond donors (Lipinski definition) is 4. The number of phenols is 1. The number of ketones is 4. The van der Waals surface area contributed by atoms with Crippen molar-refractivity contribution in [2.24, 2.45) is 29.4 Å². The second kappa shape index (κ2) is 10.6. The number of benzene rings is 1. The first kappa shape index (κ1) is 30.3. The van der Waals surface area contributed by atoms with Crippen LogP contribution in [-0.2, 0) is 35.1 Å². The molecule has 0 heterocycles. The number of carbonyl (C=O) groups is 6. The van der Waals surface area contributed by atoms with Crippen LogP contribution >= 0.6 is 0 Å². The van der Waals surface area contributed by atoms with Crippen molar-refractivity contribution in [3.8, 4) is 5.75 Å². The molecule has 222 valence electrons. The van der Waals surface area contributed by atoms with Crippen LogP contribution in [0.15, 0.2) is 6.07 Å². The predicted octanol–water partition coefficient (Wildman–Crippen LogP) is 0.354. The molecule has 0 radical (unpaired) electrons. The number of aromatic hydroxyl groups is 1. The number of aliphatic hydroxyl groups is 1. The Kier molecular flexibility index (Phi) is 7.87. The van der Waals surface area contributed by atoms with E-state index in [-0.39, 0.29) is 36.6 Å². The lowest BCUT2D eigenvalue weighted by Gasteiger charge is -2.52. The molecule has 0 bridgehead atoms. The minimum atomic E-state index is -2.79. The predicted molar refractivity (Wildman–Crippen MR) is 145 cm³/mol. The van der Waals surface area contributed by atoms with Gasteiger partial charge in [0.1, 0.15) is 11.8 Å². The maximum absolute atomic E-state index is 14.1. The van der Waals surface area contributed by atoms with Crippen LogP contribution in [0.2, 0.25) is 0 Å². The van der Waals surface area contributed by atoms with Crippen LogP contribution in [0.3, 0.4) is 0 Å².